The molecule has 0 amide bonds. The van der Waals surface area contributed by atoms with Gasteiger partial charge < -0.3 is 34.3 Å². The Labute approximate surface area is 403 Å². The summed E-state index contributed by atoms with van der Waals surface area (Å²) in [5, 5.41) is 31.0. The molecular formula is C53H100O12S. The average molecular weight is 961 g/mol. The highest BCUT2D eigenvalue weighted by Crippen LogP contribution is 2.24. The van der Waals surface area contributed by atoms with Crippen LogP contribution in [0.25, 0.3) is 0 Å². The Morgan fingerprint density at radius 2 is 0.864 bits per heavy atom. The summed E-state index contributed by atoms with van der Waals surface area (Å²) in [6, 6.07) is 0. The number of aliphatic hydroxyl groups is 3. The smallest absolute Gasteiger partial charge is 0.306 e. The first kappa shape index (κ1) is 62.4. The monoisotopic (exact) mass is 961 g/mol. The van der Waals surface area contributed by atoms with Crippen LogP contribution >= 0.6 is 0 Å². The molecule has 6 unspecified atom stereocenters. The van der Waals surface area contributed by atoms with E-state index in [-0.39, 0.29) is 19.4 Å². The summed E-state index contributed by atoms with van der Waals surface area (Å²) in [6.45, 7) is 3.81. The van der Waals surface area contributed by atoms with Crippen LogP contribution in [-0.2, 0) is 38.7 Å². The molecule has 390 valence electrons. The maximum Gasteiger partial charge on any atom is 0.306 e. The van der Waals surface area contributed by atoms with E-state index >= 15 is 0 Å². The summed E-state index contributed by atoms with van der Waals surface area (Å²) in [6.07, 6.45) is 39.7. The third-order valence-electron chi connectivity index (χ3n) is 12.8. The molecule has 0 saturated carbocycles. The summed E-state index contributed by atoms with van der Waals surface area (Å²) in [5.74, 6) is -1.96. The van der Waals surface area contributed by atoms with Gasteiger partial charge in [-0.15, -0.1) is 0 Å². The van der Waals surface area contributed by atoms with E-state index in [0.29, 0.717) is 12.8 Å². The molecule has 1 rings (SSSR count). The normalized spacial score (nSPS) is 19.4. The zero-order chi connectivity index (χ0) is 48.4. The summed E-state index contributed by atoms with van der Waals surface area (Å²) >= 11 is 0. The number of unbranched alkanes of at least 4 members (excludes halogenated alkanes) is 33. The van der Waals surface area contributed by atoms with E-state index in [4.69, 9.17) is 18.9 Å². The highest BCUT2D eigenvalue weighted by atomic mass is 32.2. The van der Waals surface area contributed by atoms with Crippen molar-refractivity contribution in [3.8, 4) is 0 Å². The van der Waals surface area contributed by atoms with Crippen molar-refractivity contribution >= 4 is 22.1 Å². The molecule has 1 aliphatic heterocycles. The largest absolute Gasteiger partial charge is 0.462 e. The van der Waals surface area contributed by atoms with Gasteiger partial charge in [0.1, 0.15) is 36.8 Å². The Kier molecular flexibility index (Phi) is 41.0. The minimum atomic E-state index is -4.60. The van der Waals surface area contributed by atoms with Gasteiger partial charge in [0.05, 0.1) is 6.61 Å². The topological polar surface area (TPSA) is 186 Å². The fourth-order valence-corrected chi connectivity index (χ4v) is 9.31. The van der Waals surface area contributed by atoms with E-state index in [9.17, 15) is 37.9 Å². The second-order valence-corrected chi connectivity index (χ2v) is 20.8. The molecule has 1 heterocycles. The van der Waals surface area contributed by atoms with Crippen LogP contribution < -0.4 is 0 Å². The molecule has 1 aliphatic rings. The lowest BCUT2D eigenvalue weighted by Crippen LogP contribution is -2.60. The molecule has 1 fully saturated rings. The molecule has 0 radical (unpaired) electrons. The number of rotatable bonds is 47. The Bertz CT molecular complexity index is 1260. The molecule has 0 bridgehead atoms. The maximum atomic E-state index is 12.9. The van der Waals surface area contributed by atoms with Gasteiger partial charge in [-0.2, -0.15) is 8.42 Å². The Morgan fingerprint density at radius 1 is 0.500 bits per heavy atom. The lowest BCUT2D eigenvalue weighted by Gasteiger charge is -2.40. The van der Waals surface area contributed by atoms with Crippen LogP contribution in [0.4, 0.5) is 0 Å². The molecule has 4 N–H and O–H groups in total. The summed E-state index contributed by atoms with van der Waals surface area (Å²) < 4.78 is 54.3. The van der Waals surface area contributed by atoms with Crippen LogP contribution in [0.15, 0.2) is 12.2 Å². The number of carbonyl (C=O) groups excluding carboxylic acids is 2. The van der Waals surface area contributed by atoms with Crippen molar-refractivity contribution in [2.75, 3.05) is 19.0 Å². The summed E-state index contributed by atoms with van der Waals surface area (Å²) in [5.41, 5.74) is 0. The van der Waals surface area contributed by atoms with Gasteiger partial charge in [0.2, 0.25) is 0 Å². The van der Waals surface area contributed by atoms with E-state index < -0.39 is 71.2 Å². The molecule has 0 spiro atoms. The van der Waals surface area contributed by atoms with Crippen molar-refractivity contribution in [3.05, 3.63) is 12.2 Å². The zero-order valence-corrected chi connectivity index (χ0v) is 42.9. The van der Waals surface area contributed by atoms with Gasteiger partial charge in [-0.25, -0.2) is 0 Å². The Balaban J connectivity index is 2.32. The van der Waals surface area contributed by atoms with E-state index in [2.05, 4.69) is 26.0 Å². The van der Waals surface area contributed by atoms with Crippen molar-refractivity contribution in [1.29, 1.82) is 0 Å². The van der Waals surface area contributed by atoms with Gasteiger partial charge in [0.25, 0.3) is 10.1 Å². The Hall–Kier alpha value is -1.61. The molecule has 0 aliphatic carbocycles. The second-order valence-electron chi connectivity index (χ2n) is 19.3. The van der Waals surface area contributed by atoms with Crippen molar-refractivity contribution in [2.45, 2.75) is 295 Å². The van der Waals surface area contributed by atoms with Gasteiger partial charge in [-0.05, 0) is 38.5 Å². The van der Waals surface area contributed by atoms with Gasteiger partial charge >= 0.3 is 11.9 Å². The SMILES string of the molecule is CCCCCCCCCC/C=C\CCCCCCCCCCCCCC(=O)OC(COC(=O)CCCCCCCCCCCCCCCCC)COC1OC(CS(=O)(=O)O)C(O)C(O)C1O. The van der Waals surface area contributed by atoms with Crippen LogP contribution in [0, 0.1) is 0 Å². The average Bonchev–Trinajstić information content (AvgIpc) is 3.28. The molecule has 1 saturated heterocycles. The number of hydrogen-bond donors (Lipinski definition) is 4. The number of esters is 2. The maximum absolute atomic E-state index is 12.9. The Morgan fingerprint density at radius 3 is 1.26 bits per heavy atom. The standard InChI is InChI=1S/C53H100O12S/c1-3-5-7-9-11-13-15-17-19-20-21-22-23-24-25-26-28-30-32-34-36-38-40-42-49(55)64-46(44-63-53-52(58)51(57)50(56)47(65-53)45-66(59,60)61)43-62-48(54)41-39-37-35-33-31-29-27-18-16-14-12-10-8-6-4-2/h20-21,46-47,50-53,56-58H,3-19,22-45H2,1-2H3,(H,59,60,61)/b21-20-. The minimum Gasteiger partial charge on any atom is -0.462 e. The number of aliphatic hydroxyl groups excluding tert-OH is 3. The first-order valence-electron chi connectivity index (χ1n) is 27.2. The number of hydrogen-bond acceptors (Lipinski definition) is 11. The molecule has 6 atom stereocenters. The highest BCUT2D eigenvalue weighted by Gasteiger charge is 2.46. The van der Waals surface area contributed by atoms with Gasteiger partial charge in [0, 0.05) is 12.8 Å². The van der Waals surface area contributed by atoms with E-state index in [0.717, 1.165) is 38.5 Å². The predicted molar refractivity (Wildman–Crippen MR) is 266 cm³/mol. The van der Waals surface area contributed by atoms with E-state index in [1.807, 2.05) is 0 Å². The van der Waals surface area contributed by atoms with Crippen LogP contribution in [0.5, 0.6) is 0 Å². The van der Waals surface area contributed by atoms with E-state index in [1.54, 1.807) is 0 Å². The van der Waals surface area contributed by atoms with Gasteiger partial charge in [-0.3, -0.25) is 14.1 Å². The molecule has 12 nitrogen and oxygen atoms in total. The fraction of sp³-hybridized carbons (Fsp3) is 0.925. The first-order chi connectivity index (χ1) is 32.0. The second kappa shape index (κ2) is 43.4. The first-order valence-corrected chi connectivity index (χ1v) is 28.9. The molecule has 0 aromatic rings. The van der Waals surface area contributed by atoms with Gasteiger partial charge in [-0.1, -0.05) is 219 Å². The van der Waals surface area contributed by atoms with Crippen LogP contribution in [0.2, 0.25) is 0 Å². The van der Waals surface area contributed by atoms with E-state index in [1.165, 1.54) is 180 Å². The number of allylic oxidation sites excluding steroid dienone is 2. The molecular weight excluding hydrogens is 861 g/mol. The van der Waals surface area contributed by atoms with Crippen LogP contribution in [-0.4, -0.2) is 96.0 Å². The fourth-order valence-electron chi connectivity index (χ4n) is 8.62. The van der Waals surface area contributed by atoms with Crippen molar-refractivity contribution in [2.24, 2.45) is 0 Å². The zero-order valence-electron chi connectivity index (χ0n) is 42.1. The highest BCUT2D eigenvalue weighted by molar-refractivity contribution is 7.85. The van der Waals surface area contributed by atoms with Gasteiger partial charge in [0.15, 0.2) is 12.4 Å². The number of ether oxygens (including phenoxy) is 4. The third kappa shape index (κ3) is 37.3. The summed E-state index contributed by atoms with van der Waals surface area (Å²) in [7, 11) is -4.60. The molecule has 0 aromatic carbocycles. The quantitative estimate of drug-likeness (QED) is 0.0196. The van der Waals surface area contributed by atoms with Crippen molar-refractivity contribution in [1.82, 2.24) is 0 Å². The number of carbonyl (C=O) groups is 2. The lowest BCUT2D eigenvalue weighted by atomic mass is 10.00. The van der Waals surface area contributed by atoms with Crippen LogP contribution in [0.1, 0.15) is 258 Å². The molecule has 0 aromatic heterocycles. The van der Waals surface area contributed by atoms with Crippen molar-refractivity contribution in [3.63, 3.8) is 0 Å². The van der Waals surface area contributed by atoms with Crippen molar-refractivity contribution < 1.29 is 56.8 Å². The lowest BCUT2D eigenvalue weighted by molar-refractivity contribution is -0.297. The predicted octanol–water partition coefficient (Wildman–Crippen LogP) is 12.6. The minimum absolute atomic E-state index is 0.168. The molecule has 66 heavy (non-hydrogen) atoms. The summed E-state index contributed by atoms with van der Waals surface area (Å²) in [4.78, 5) is 25.5. The molecule has 13 heteroatoms. The third-order valence-corrected chi connectivity index (χ3v) is 13.6. The van der Waals surface area contributed by atoms with Crippen LogP contribution in [0.3, 0.4) is 0 Å².